The Labute approximate surface area is 130 Å². The zero-order valence-electron chi connectivity index (χ0n) is 12.9. The lowest BCUT2D eigenvalue weighted by Crippen LogP contribution is -2.35. The van der Waals surface area contributed by atoms with Crippen molar-refractivity contribution in [3.05, 3.63) is 18.2 Å². The minimum Gasteiger partial charge on any atom is -0.493 e. The predicted octanol–water partition coefficient (Wildman–Crippen LogP) is 2.41. The minimum atomic E-state index is 0.430. The molecule has 0 amide bonds. The average molecular weight is 305 g/mol. The number of piperidine rings is 1. The van der Waals surface area contributed by atoms with Gasteiger partial charge in [-0.2, -0.15) is 4.98 Å². The molecule has 2 N–H and O–H groups in total. The Hall–Kier alpha value is -1.79. The summed E-state index contributed by atoms with van der Waals surface area (Å²) in [6, 6.07) is 6.76. The third kappa shape index (κ3) is 3.90. The van der Waals surface area contributed by atoms with Gasteiger partial charge in [-0.05, 0) is 38.1 Å². The van der Waals surface area contributed by atoms with Crippen LogP contribution >= 0.6 is 0 Å². The van der Waals surface area contributed by atoms with Gasteiger partial charge >= 0.3 is 0 Å². The van der Waals surface area contributed by atoms with E-state index in [-0.39, 0.29) is 0 Å². The standard InChI is InChI=1S/C16H23N3O3/c1-20-9-2-10-21-13-3-4-15-14(11-13)19-16(22-15)18-12-5-7-17-8-6-12/h3-4,11-12,17H,2,5-10H2,1H3,(H,18,19). The highest BCUT2D eigenvalue weighted by molar-refractivity contribution is 5.76. The fraction of sp³-hybridized carbons (Fsp3) is 0.562. The molecule has 0 radical (unpaired) electrons. The van der Waals surface area contributed by atoms with Gasteiger partial charge in [0.05, 0.1) is 6.61 Å². The number of anilines is 1. The van der Waals surface area contributed by atoms with Crippen LogP contribution in [-0.2, 0) is 4.74 Å². The van der Waals surface area contributed by atoms with Crippen LogP contribution in [0.2, 0.25) is 0 Å². The van der Waals surface area contributed by atoms with Gasteiger partial charge in [-0.25, -0.2) is 0 Å². The van der Waals surface area contributed by atoms with Crippen molar-refractivity contribution in [2.75, 3.05) is 38.7 Å². The second-order valence-electron chi connectivity index (χ2n) is 5.51. The normalized spacial score (nSPS) is 16.0. The van der Waals surface area contributed by atoms with Crippen LogP contribution in [0.1, 0.15) is 19.3 Å². The maximum absolute atomic E-state index is 5.75. The number of ether oxygens (including phenoxy) is 2. The molecule has 1 aliphatic rings. The number of fused-ring (bicyclic) bond motifs is 1. The Balaban J connectivity index is 1.62. The lowest BCUT2D eigenvalue weighted by molar-refractivity contribution is 0.172. The Morgan fingerprint density at radius 3 is 3.00 bits per heavy atom. The summed E-state index contributed by atoms with van der Waals surface area (Å²) in [5.74, 6) is 0.810. The first-order valence-corrected chi connectivity index (χ1v) is 7.85. The second-order valence-corrected chi connectivity index (χ2v) is 5.51. The van der Waals surface area contributed by atoms with Crippen LogP contribution in [0.5, 0.6) is 5.75 Å². The van der Waals surface area contributed by atoms with Crippen molar-refractivity contribution in [2.45, 2.75) is 25.3 Å². The molecule has 0 atom stereocenters. The molecular weight excluding hydrogens is 282 g/mol. The molecule has 22 heavy (non-hydrogen) atoms. The third-order valence-electron chi connectivity index (χ3n) is 3.79. The zero-order valence-corrected chi connectivity index (χ0v) is 12.9. The van der Waals surface area contributed by atoms with Crippen LogP contribution in [0, 0.1) is 0 Å². The van der Waals surface area contributed by atoms with Crippen LogP contribution in [0.25, 0.3) is 11.1 Å². The summed E-state index contributed by atoms with van der Waals surface area (Å²) in [4.78, 5) is 4.51. The van der Waals surface area contributed by atoms with Crippen molar-refractivity contribution in [1.82, 2.24) is 10.3 Å². The smallest absolute Gasteiger partial charge is 0.295 e. The van der Waals surface area contributed by atoms with E-state index >= 15 is 0 Å². The number of hydrogen-bond donors (Lipinski definition) is 2. The number of methoxy groups -OCH3 is 1. The highest BCUT2D eigenvalue weighted by Gasteiger charge is 2.15. The zero-order chi connectivity index (χ0) is 15.2. The largest absolute Gasteiger partial charge is 0.493 e. The molecule has 1 saturated heterocycles. The van der Waals surface area contributed by atoms with Gasteiger partial charge in [0.15, 0.2) is 5.58 Å². The van der Waals surface area contributed by atoms with E-state index in [2.05, 4.69) is 15.6 Å². The van der Waals surface area contributed by atoms with Gasteiger partial charge in [-0.3, -0.25) is 0 Å². The summed E-state index contributed by atoms with van der Waals surface area (Å²) in [6.07, 6.45) is 3.05. The van der Waals surface area contributed by atoms with E-state index in [1.807, 2.05) is 18.2 Å². The number of rotatable bonds is 7. The molecular formula is C16H23N3O3. The number of hydrogen-bond acceptors (Lipinski definition) is 6. The molecule has 120 valence electrons. The molecule has 0 unspecified atom stereocenters. The number of benzene rings is 1. The van der Waals surface area contributed by atoms with Gasteiger partial charge in [0, 0.05) is 32.2 Å². The highest BCUT2D eigenvalue weighted by atomic mass is 16.5. The maximum Gasteiger partial charge on any atom is 0.295 e. The molecule has 1 aliphatic heterocycles. The van der Waals surface area contributed by atoms with Gasteiger partial charge in [0.1, 0.15) is 11.3 Å². The van der Waals surface area contributed by atoms with Crippen molar-refractivity contribution in [1.29, 1.82) is 0 Å². The lowest BCUT2D eigenvalue weighted by Gasteiger charge is -2.22. The Kier molecular flexibility index (Phi) is 5.13. The molecule has 1 aromatic carbocycles. The fourth-order valence-electron chi connectivity index (χ4n) is 2.59. The van der Waals surface area contributed by atoms with Crippen molar-refractivity contribution < 1.29 is 13.9 Å². The fourth-order valence-corrected chi connectivity index (χ4v) is 2.59. The van der Waals surface area contributed by atoms with Crippen molar-refractivity contribution in [3.8, 4) is 5.75 Å². The van der Waals surface area contributed by atoms with Crippen LogP contribution < -0.4 is 15.4 Å². The van der Waals surface area contributed by atoms with E-state index in [0.717, 1.165) is 49.2 Å². The topological polar surface area (TPSA) is 68.6 Å². The molecule has 2 heterocycles. The van der Waals surface area contributed by atoms with Crippen LogP contribution in [-0.4, -0.2) is 44.4 Å². The van der Waals surface area contributed by atoms with E-state index < -0.39 is 0 Å². The van der Waals surface area contributed by atoms with Crippen molar-refractivity contribution >= 4 is 17.1 Å². The van der Waals surface area contributed by atoms with Crippen molar-refractivity contribution in [2.24, 2.45) is 0 Å². The van der Waals surface area contributed by atoms with Crippen LogP contribution in [0.3, 0.4) is 0 Å². The second kappa shape index (κ2) is 7.47. The van der Waals surface area contributed by atoms with E-state index in [1.165, 1.54) is 0 Å². The summed E-state index contributed by atoms with van der Waals surface area (Å²) < 4.78 is 16.4. The molecule has 3 rings (SSSR count). The number of nitrogens with zero attached hydrogens (tertiary/aromatic N) is 1. The Bertz CT molecular complexity index is 593. The summed E-state index contributed by atoms with van der Waals surface area (Å²) in [7, 11) is 1.69. The van der Waals surface area contributed by atoms with E-state index in [0.29, 0.717) is 25.3 Å². The quantitative estimate of drug-likeness (QED) is 0.766. The maximum atomic E-state index is 5.75. The lowest BCUT2D eigenvalue weighted by atomic mass is 10.1. The number of aromatic nitrogens is 1. The highest BCUT2D eigenvalue weighted by Crippen LogP contribution is 2.24. The predicted molar refractivity (Wildman–Crippen MR) is 85.5 cm³/mol. The van der Waals surface area contributed by atoms with E-state index in [4.69, 9.17) is 13.9 Å². The van der Waals surface area contributed by atoms with Gasteiger partial charge in [-0.1, -0.05) is 0 Å². The van der Waals surface area contributed by atoms with E-state index in [1.54, 1.807) is 7.11 Å². The molecule has 1 aromatic heterocycles. The molecule has 0 aliphatic carbocycles. The minimum absolute atomic E-state index is 0.430. The number of oxazole rings is 1. The third-order valence-corrected chi connectivity index (χ3v) is 3.79. The molecule has 0 bridgehead atoms. The Morgan fingerprint density at radius 2 is 2.18 bits per heavy atom. The van der Waals surface area contributed by atoms with Crippen LogP contribution in [0.15, 0.2) is 22.6 Å². The van der Waals surface area contributed by atoms with Crippen molar-refractivity contribution in [3.63, 3.8) is 0 Å². The molecule has 0 saturated carbocycles. The monoisotopic (exact) mass is 305 g/mol. The first kappa shape index (κ1) is 15.1. The average Bonchev–Trinajstić information content (AvgIpc) is 2.94. The van der Waals surface area contributed by atoms with Crippen LogP contribution in [0.4, 0.5) is 6.01 Å². The van der Waals surface area contributed by atoms with Gasteiger partial charge < -0.3 is 24.5 Å². The Morgan fingerprint density at radius 1 is 1.32 bits per heavy atom. The molecule has 6 heteroatoms. The molecule has 2 aromatic rings. The van der Waals surface area contributed by atoms with Gasteiger partial charge in [0.25, 0.3) is 6.01 Å². The van der Waals surface area contributed by atoms with Gasteiger partial charge in [0.2, 0.25) is 0 Å². The first-order chi connectivity index (χ1) is 10.8. The summed E-state index contributed by atoms with van der Waals surface area (Å²) in [5.41, 5.74) is 1.60. The SMILES string of the molecule is COCCCOc1ccc2oc(NC3CCNCC3)nc2c1. The summed E-state index contributed by atoms with van der Waals surface area (Å²) >= 11 is 0. The molecule has 1 fully saturated rings. The summed E-state index contributed by atoms with van der Waals surface area (Å²) in [5, 5.41) is 6.72. The molecule has 0 spiro atoms. The van der Waals surface area contributed by atoms with Gasteiger partial charge in [-0.15, -0.1) is 0 Å². The molecule has 6 nitrogen and oxygen atoms in total. The number of nitrogens with one attached hydrogen (secondary N) is 2. The summed E-state index contributed by atoms with van der Waals surface area (Å²) in [6.45, 7) is 3.42. The first-order valence-electron chi connectivity index (χ1n) is 7.85. The van der Waals surface area contributed by atoms with E-state index in [9.17, 15) is 0 Å².